The van der Waals surface area contributed by atoms with E-state index in [0.29, 0.717) is 11.8 Å². The Labute approximate surface area is 178 Å². The van der Waals surface area contributed by atoms with Crippen LogP contribution in [0.2, 0.25) is 13.1 Å². The fourth-order valence-electron chi connectivity index (χ4n) is 2.19. The van der Waals surface area contributed by atoms with Crippen LogP contribution in [0.3, 0.4) is 0 Å². The van der Waals surface area contributed by atoms with Gasteiger partial charge in [0.15, 0.2) is 0 Å². The Bertz CT molecular complexity index is 528. The first-order valence-electron chi connectivity index (χ1n) is 9.23. The molecule has 0 fully saturated rings. The second-order valence-electron chi connectivity index (χ2n) is 7.12. The van der Waals surface area contributed by atoms with Crippen LogP contribution >= 0.6 is 0 Å². The molecule has 0 saturated carbocycles. The Morgan fingerprint density at radius 2 is 1.08 bits per heavy atom. The van der Waals surface area contributed by atoms with Crippen LogP contribution in [-0.2, 0) is 36.2 Å². The zero-order valence-corrected chi connectivity index (χ0v) is 21.6. The van der Waals surface area contributed by atoms with E-state index in [1.165, 1.54) is 22.3 Å². The Morgan fingerprint density at radius 1 is 0.800 bits per heavy atom. The second kappa shape index (κ2) is 15.2. The molecular weight excluding hydrogens is 419 g/mol. The molecule has 0 atom stereocenters. The molecular formula is C22H36ClSiZr-3. The molecule has 0 aliphatic rings. The molecule has 0 saturated heterocycles. The number of hydrogen-bond donors (Lipinski definition) is 0. The van der Waals surface area contributed by atoms with Crippen molar-refractivity contribution in [3.8, 4) is 0 Å². The maximum atomic E-state index is 2.31. The van der Waals surface area contributed by atoms with Crippen LogP contribution in [0, 0.1) is 0 Å². The predicted octanol–water partition coefficient (Wildman–Crippen LogP) is 3.97. The smallest absolute Gasteiger partial charge is 1.00 e. The summed E-state index contributed by atoms with van der Waals surface area (Å²) in [6.07, 6.45) is 2.32. The molecule has 0 heterocycles. The molecule has 3 heteroatoms. The monoisotopic (exact) mass is 453 g/mol. The van der Waals surface area contributed by atoms with Gasteiger partial charge in [0.25, 0.3) is 0 Å². The van der Waals surface area contributed by atoms with Gasteiger partial charge in [0.2, 0.25) is 0 Å². The van der Waals surface area contributed by atoms with Crippen LogP contribution in [0.15, 0.2) is 36.4 Å². The van der Waals surface area contributed by atoms with Gasteiger partial charge in [0, 0.05) is 0 Å². The van der Waals surface area contributed by atoms with E-state index in [-0.39, 0.29) is 17.8 Å². The van der Waals surface area contributed by atoms with E-state index in [9.17, 15) is 0 Å². The molecule has 2 rings (SSSR count). The summed E-state index contributed by atoms with van der Waals surface area (Å²) in [5.41, 5.74) is 6.07. The predicted molar refractivity (Wildman–Crippen MR) is 108 cm³/mol. The molecule has 0 spiro atoms. The summed E-state index contributed by atoms with van der Waals surface area (Å²) in [5, 5.41) is 0. The third-order valence-corrected chi connectivity index (χ3v) is 3.83. The van der Waals surface area contributed by atoms with Crippen molar-refractivity contribution in [1.29, 1.82) is 0 Å². The van der Waals surface area contributed by atoms with Gasteiger partial charge in [-0.05, 0) is 11.8 Å². The largest absolute Gasteiger partial charge is 1.00 e. The first-order valence-corrected chi connectivity index (χ1v) is 15.4. The molecule has 0 N–H and O–H groups in total. The van der Waals surface area contributed by atoms with Crippen LogP contribution in [-0.4, -0.2) is 5.43 Å². The number of aryl methyl sites for hydroxylation is 2. The Hall–Kier alpha value is 0.0900. The van der Waals surface area contributed by atoms with E-state index in [1.54, 1.807) is 23.3 Å². The first-order chi connectivity index (χ1) is 11.2. The third-order valence-electron chi connectivity index (χ3n) is 3.83. The van der Waals surface area contributed by atoms with Gasteiger partial charge in [-0.2, -0.15) is 34.4 Å². The SMILES string of the molecule is CCc1ccc(C(C)C)[cH-]1.CCc1ccc(C(C)C)[cH-]1.C[Si](C)=[Zr].[Cl-]. The maximum absolute atomic E-state index is 2.31. The van der Waals surface area contributed by atoms with Crippen molar-refractivity contribution >= 4 is 5.43 Å². The van der Waals surface area contributed by atoms with Crippen LogP contribution < -0.4 is 12.4 Å². The van der Waals surface area contributed by atoms with Crippen molar-refractivity contribution in [3.63, 3.8) is 0 Å². The molecule has 0 nitrogen and oxygen atoms in total. The van der Waals surface area contributed by atoms with E-state index in [1.807, 2.05) is 0 Å². The van der Waals surface area contributed by atoms with Crippen molar-refractivity contribution in [2.45, 2.75) is 79.3 Å². The van der Waals surface area contributed by atoms with Crippen molar-refractivity contribution in [2.75, 3.05) is 0 Å². The molecule has 25 heavy (non-hydrogen) atoms. The van der Waals surface area contributed by atoms with E-state index in [4.69, 9.17) is 0 Å². The minimum atomic E-state index is 0. The minimum Gasteiger partial charge on any atom is -1.00 e. The van der Waals surface area contributed by atoms with Crippen molar-refractivity contribution in [3.05, 3.63) is 58.7 Å². The van der Waals surface area contributed by atoms with Crippen LogP contribution in [0.1, 0.15) is 75.6 Å². The zero-order chi connectivity index (χ0) is 18.7. The summed E-state index contributed by atoms with van der Waals surface area (Å²) in [5.74, 6) is 1.36. The molecule has 0 amide bonds. The summed E-state index contributed by atoms with van der Waals surface area (Å²) in [7, 11) is 0. The standard InChI is InChI=1S/2C10H15.C2H6Si.ClH.Zr/c2*1-4-9-5-6-10(7-9)8(2)3;1-3-2;;/h2*5-8H,4H2,1-3H3;1-2H3;1H;/q2*-1;;;/p-1. The van der Waals surface area contributed by atoms with Crippen molar-refractivity contribution in [2.24, 2.45) is 0 Å². The quantitative estimate of drug-likeness (QED) is 0.484. The van der Waals surface area contributed by atoms with E-state index in [0.717, 1.165) is 12.8 Å². The number of halogens is 1. The van der Waals surface area contributed by atoms with Crippen molar-refractivity contribution in [1.82, 2.24) is 0 Å². The fraction of sp³-hybridized carbons (Fsp3) is 0.545. The van der Waals surface area contributed by atoms with Crippen LogP contribution in [0.5, 0.6) is 0 Å². The van der Waals surface area contributed by atoms with Gasteiger partial charge in [0.05, 0.1) is 0 Å². The molecule has 2 aromatic carbocycles. The fourth-order valence-corrected chi connectivity index (χ4v) is 2.19. The molecule has 142 valence electrons. The summed E-state index contributed by atoms with van der Waals surface area (Å²) in [6, 6.07) is 13.5. The zero-order valence-electron chi connectivity index (χ0n) is 17.4. The summed E-state index contributed by atoms with van der Waals surface area (Å²) >= 11 is 1.74. The Morgan fingerprint density at radius 3 is 1.20 bits per heavy atom. The van der Waals surface area contributed by atoms with E-state index >= 15 is 0 Å². The average molecular weight is 455 g/mol. The first kappa shape index (κ1) is 27.3. The molecule has 0 aliphatic heterocycles. The molecule has 0 aliphatic carbocycles. The number of hydrogen-bond acceptors (Lipinski definition) is 0. The number of rotatable bonds is 4. The molecule has 0 bridgehead atoms. The summed E-state index contributed by atoms with van der Waals surface area (Å²) < 4.78 is 0. The van der Waals surface area contributed by atoms with Crippen LogP contribution in [0.25, 0.3) is 0 Å². The van der Waals surface area contributed by atoms with Gasteiger partial charge in [-0.15, -0.1) is 0 Å². The summed E-state index contributed by atoms with van der Waals surface area (Å²) in [6.45, 7) is 17.9. The molecule has 0 radical (unpaired) electrons. The van der Waals surface area contributed by atoms with Gasteiger partial charge < -0.3 is 12.4 Å². The van der Waals surface area contributed by atoms with E-state index in [2.05, 4.69) is 91.0 Å². The van der Waals surface area contributed by atoms with E-state index < -0.39 is 0 Å². The van der Waals surface area contributed by atoms with Crippen LogP contribution in [0.4, 0.5) is 0 Å². The molecule has 0 unspecified atom stereocenters. The van der Waals surface area contributed by atoms with Gasteiger partial charge >= 0.3 is 41.9 Å². The van der Waals surface area contributed by atoms with Gasteiger partial charge in [-0.1, -0.05) is 54.4 Å². The molecule has 0 aromatic heterocycles. The van der Waals surface area contributed by atoms with Crippen molar-refractivity contribution < 1.29 is 35.7 Å². The normalized spacial score (nSPS) is 9.64. The Balaban J connectivity index is 0. The molecule has 2 aromatic rings. The average Bonchev–Trinajstić information content (AvgIpc) is 3.16. The van der Waals surface area contributed by atoms with Gasteiger partial charge in [0.1, 0.15) is 0 Å². The summed E-state index contributed by atoms with van der Waals surface area (Å²) in [4.78, 5) is 0. The van der Waals surface area contributed by atoms with Gasteiger partial charge in [-0.25, -0.2) is 24.3 Å². The topological polar surface area (TPSA) is 0 Å². The maximum Gasteiger partial charge on any atom is -1.00 e. The Kier molecular flexibility index (Phi) is 16.6. The van der Waals surface area contributed by atoms with Gasteiger partial charge in [-0.3, -0.25) is 0 Å². The third kappa shape index (κ3) is 13.0. The minimum absolute atomic E-state index is 0. The second-order valence-corrected chi connectivity index (χ2v) is 16.5.